The Bertz CT molecular complexity index is 704. The molecular weight excluding hydrogens is 306 g/mol. The maximum Gasteiger partial charge on any atom is 0.131 e. The molecule has 1 fully saturated rings. The molecule has 0 saturated heterocycles. The second kappa shape index (κ2) is 8.25. The van der Waals surface area contributed by atoms with E-state index in [4.69, 9.17) is 5.26 Å². The lowest BCUT2D eigenvalue weighted by Crippen LogP contribution is -2.14. The Labute approximate surface area is 151 Å². The summed E-state index contributed by atoms with van der Waals surface area (Å²) in [7, 11) is 0. The van der Waals surface area contributed by atoms with Crippen molar-refractivity contribution in [2.24, 2.45) is 11.8 Å². The molecule has 2 aromatic rings. The Hall–Kier alpha value is -2.21. The van der Waals surface area contributed by atoms with E-state index in [1.54, 1.807) is 0 Å². The lowest BCUT2D eigenvalue weighted by atomic mass is 9.82. The van der Waals surface area contributed by atoms with Crippen LogP contribution in [0.25, 0.3) is 11.1 Å². The molecule has 0 radical (unpaired) electrons. The lowest BCUT2D eigenvalue weighted by Gasteiger charge is -2.23. The van der Waals surface area contributed by atoms with E-state index >= 15 is 0 Å². The largest absolute Gasteiger partial charge is 0.240 e. The summed E-state index contributed by atoms with van der Waals surface area (Å²) in [6.45, 7) is 4.54. The molecule has 3 rings (SSSR count). The summed E-state index contributed by atoms with van der Waals surface area (Å²) in [6, 6.07) is 11.2. The summed E-state index contributed by atoms with van der Waals surface area (Å²) in [5, 5.41) is 9.01. The third-order valence-corrected chi connectivity index (χ3v) is 5.52. The van der Waals surface area contributed by atoms with Crippen molar-refractivity contribution in [1.82, 2.24) is 9.97 Å². The smallest absolute Gasteiger partial charge is 0.131 e. The zero-order valence-corrected chi connectivity index (χ0v) is 15.3. The van der Waals surface area contributed by atoms with Crippen LogP contribution in [0.15, 0.2) is 36.7 Å². The molecule has 0 aliphatic heterocycles. The molecule has 1 aromatic heterocycles. The predicted molar refractivity (Wildman–Crippen MR) is 101 cm³/mol. The maximum absolute atomic E-state index is 9.01. The Morgan fingerprint density at radius 2 is 1.68 bits per heavy atom. The van der Waals surface area contributed by atoms with Gasteiger partial charge in [0.2, 0.25) is 0 Å². The van der Waals surface area contributed by atoms with Crippen molar-refractivity contribution >= 4 is 0 Å². The molecule has 1 aliphatic rings. The SMILES string of the molecule is CCC(C)Cc1ccc(-c2cnc(C3CCC(C#N)CC3)nc2)cc1. The van der Waals surface area contributed by atoms with Crippen molar-refractivity contribution in [2.75, 3.05) is 0 Å². The molecule has 0 spiro atoms. The van der Waals surface area contributed by atoms with Crippen LogP contribution >= 0.6 is 0 Å². The van der Waals surface area contributed by atoms with Crippen LogP contribution in [0.1, 0.15) is 63.3 Å². The van der Waals surface area contributed by atoms with E-state index in [1.165, 1.54) is 17.5 Å². The van der Waals surface area contributed by atoms with Crippen LogP contribution in [0.3, 0.4) is 0 Å². The van der Waals surface area contributed by atoms with Crippen LogP contribution in [0.4, 0.5) is 0 Å². The van der Waals surface area contributed by atoms with Crippen LogP contribution in [-0.2, 0) is 6.42 Å². The van der Waals surface area contributed by atoms with E-state index in [0.29, 0.717) is 5.92 Å². The van der Waals surface area contributed by atoms with Gasteiger partial charge in [-0.05, 0) is 49.1 Å². The quantitative estimate of drug-likeness (QED) is 0.723. The van der Waals surface area contributed by atoms with Gasteiger partial charge in [0, 0.05) is 29.8 Å². The van der Waals surface area contributed by atoms with Crippen LogP contribution in [-0.4, -0.2) is 9.97 Å². The lowest BCUT2D eigenvalue weighted by molar-refractivity contribution is 0.372. The fourth-order valence-corrected chi connectivity index (χ4v) is 3.56. The van der Waals surface area contributed by atoms with E-state index in [0.717, 1.165) is 49.4 Å². The predicted octanol–water partition coefficient (Wildman–Crippen LogP) is 5.53. The standard InChI is InChI=1S/C22H27N3/c1-3-16(2)12-17-4-8-19(9-5-17)21-14-24-22(25-15-21)20-10-6-18(13-23)7-11-20/h4-5,8-9,14-16,18,20H,3,6-7,10-12H2,1-2H3. The van der Waals surface area contributed by atoms with E-state index in [1.807, 2.05) is 12.4 Å². The monoisotopic (exact) mass is 333 g/mol. The minimum absolute atomic E-state index is 0.226. The average Bonchev–Trinajstić information content (AvgIpc) is 2.69. The first-order valence-electron chi connectivity index (χ1n) is 9.50. The molecule has 3 nitrogen and oxygen atoms in total. The van der Waals surface area contributed by atoms with Gasteiger partial charge in [0.25, 0.3) is 0 Å². The summed E-state index contributed by atoms with van der Waals surface area (Å²) in [6.07, 6.45) is 10.3. The highest BCUT2D eigenvalue weighted by Gasteiger charge is 2.23. The number of nitriles is 1. The summed E-state index contributed by atoms with van der Waals surface area (Å²) in [5.74, 6) is 2.30. The van der Waals surface area contributed by atoms with Gasteiger partial charge in [-0.15, -0.1) is 0 Å². The highest BCUT2D eigenvalue weighted by molar-refractivity contribution is 5.61. The van der Waals surface area contributed by atoms with E-state index in [2.05, 4.69) is 54.2 Å². The summed E-state index contributed by atoms with van der Waals surface area (Å²) >= 11 is 0. The fraction of sp³-hybridized carbons (Fsp3) is 0.500. The van der Waals surface area contributed by atoms with Gasteiger partial charge < -0.3 is 0 Å². The Balaban J connectivity index is 1.65. The van der Waals surface area contributed by atoms with Gasteiger partial charge in [-0.1, -0.05) is 44.5 Å². The molecule has 0 bridgehead atoms. The van der Waals surface area contributed by atoms with Gasteiger partial charge in [0.05, 0.1) is 6.07 Å². The maximum atomic E-state index is 9.01. The van der Waals surface area contributed by atoms with E-state index < -0.39 is 0 Å². The van der Waals surface area contributed by atoms with Crippen LogP contribution in [0.5, 0.6) is 0 Å². The Kier molecular flexibility index (Phi) is 5.81. The fourth-order valence-electron chi connectivity index (χ4n) is 3.56. The number of hydrogen-bond donors (Lipinski definition) is 0. The van der Waals surface area contributed by atoms with Gasteiger partial charge in [-0.25, -0.2) is 9.97 Å². The molecule has 1 saturated carbocycles. The minimum Gasteiger partial charge on any atom is -0.240 e. The zero-order valence-electron chi connectivity index (χ0n) is 15.3. The normalized spacial score (nSPS) is 21.5. The van der Waals surface area contributed by atoms with Crippen molar-refractivity contribution in [3.05, 3.63) is 48.0 Å². The Morgan fingerprint density at radius 3 is 2.24 bits per heavy atom. The number of rotatable bonds is 5. The van der Waals surface area contributed by atoms with Gasteiger partial charge >= 0.3 is 0 Å². The first-order valence-corrected chi connectivity index (χ1v) is 9.50. The van der Waals surface area contributed by atoms with Crippen molar-refractivity contribution in [3.63, 3.8) is 0 Å². The first kappa shape index (κ1) is 17.6. The third-order valence-electron chi connectivity index (χ3n) is 5.52. The highest BCUT2D eigenvalue weighted by Crippen LogP contribution is 2.34. The summed E-state index contributed by atoms with van der Waals surface area (Å²) in [5.41, 5.74) is 3.64. The topological polar surface area (TPSA) is 49.6 Å². The molecule has 1 atom stereocenters. The van der Waals surface area contributed by atoms with E-state index in [-0.39, 0.29) is 5.92 Å². The number of benzene rings is 1. The minimum atomic E-state index is 0.226. The summed E-state index contributed by atoms with van der Waals surface area (Å²) < 4.78 is 0. The second-order valence-electron chi connectivity index (χ2n) is 7.42. The molecule has 0 N–H and O–H groups in total. The molecule has 1 heterocycles. The molecule has 1 unspecified atom stereocenters. The molecular formula is C22H27N3. The molecule has 0 amide bonds. The van der Waals surface area contributed by atoms with Gasteiger partial charge in [0.1, 0.15) is 5.82 Å². The van der Waals surface area contributed by atoms with Crippen molar-refractivity contribution in [3.8, 4) is 17.2 Å². The van der Waals surface area contributed by atoms with Gasteiger partial charge in [-0.3, -0.25) is 0 Å². The third kappa shape index (κ3) is 4.45. The molecule has 25 heavy (non-hydrogen) atoms. The first-order chi connectivity index (χ1) is 12.2. The van der Waals surface area contributed by atoms with Crippen molar-refractivity contribution in [2.45, 2.75) is 58.3 Å². The zero-order chi connectivity index (χ0) is 17.6. The van der Waals surface area contributed by atoms with Gasteiger partial charge in [-0.2, -0.15) is 5.26 Å². The van der Waals surface area contributed by atoms with Crippen LogP contribution in [0, 0.1) is 23.2 Å². The van der Waals surface area contributed by atoms with Crippen molar-refractivity contribution < 1.29 is 0 Å². The molecule has 1 aromatic carbocycles. The number of hydrogen-bond acceptors (Lipinski definition) is 3. The average molecular weight is 333 g/mol. The molecule has 1 aliphatic carbocycles. The number of aromatic nitrogens is 2. The second-order valence-corrected chi connectivity index (χ2v) is 7.42. The van der Waals surface area contributed by atoms with Gasteiger partial charge in [0.15, 0.2) is 0 Å². The molecule has 130 valence electrons. The van der Waals surface area contributed by atoms with E-state index in [9.17, 15) is 0 Å². The van der Waals surface area contributed by atoms with Crippen LogP contribution < -0.4 is 0 Å². The molecule has 3 heteroatoms. The van der Waals surface area contributed by atoms with Crippen LogP contribution in [0.2, 0.25) is 0 Å². The Morgan fingerprint density at radius 1 is 1.04 bits per heavy atom. The summed E-state index contributed by atoms with van der Waals surface area (Å²) in [4.78, 5) is 9.24. The number of nitrogens with zero attached hydrogens (tertiary/aromatic N) is 3. The highest BCUT2D eigenvalue weighted by atomic mass is 14.9. The van der Waals surface area contributed by atoms with Crippen molar-refractivity contribution in [1.29, 1.82) is 5.26 Å².